The Kier molecular flexibility index (Phi) is 6.39. The van der Waals surface area contributed by atoms with Crippen LogP contribution in [0.3, 0.4) is 0 Å². The quantitative estimate of drug-likeness (QED) is 0.627. The standard InChI is InChI=1S/C13H13Cl2NO3/c14-10-4-1-3-9(13(10)15)6-7-11(17)16-8-2-5-12(18)19/h1,3-4,6-7H,2,5,8H2,(H,16,17)(H,18,19)/b7-6+. The molecule has 2 N–H and O–H groups in total. The summed E-state index contributed by atoms with van der Waals surface area (Å²) in [7, 11) is 0. The van der Waals surface area contributed by atoms with Gasteiger partial charge in [0, 0.05) is 19.0 Å². The van der Waals surface area contributed by atoms with Crippen molar-refractivity contribution in [2.45, 2.75) is 12.8 Å². The van der Waals surface area contributed by atoms with E-state index in [-0.39, 0.29) is 12.3 Å². The molecule has 102 valence electrons. The minimum Gasteiger partial charge on any atom is -0.481 e. The maximum Gasteiger partial charge on any atom is 0.303 e. The molecule has 1 amide bonds. The lowest BCUT2D eigenvalue weighted by Gasteiger charge is -2.01. The maximum absolute atomic E-state index is 11.4. The van der Waals surface area contributed by atoms with E-state index in [1.54, 1.807) is 24.3 Å². The van der Waals surface area contributed by atoms with Crippen molar-refractivity contribution in [1.82, 2.24) is 5.32 Å². The molecule has 0 aliphatic heterocycles. The molecule has 0 aliphatic carbocycles. The molecule has 0 saturated heterocycles. The highest BCUT2D eigenvalue weighted by molar-refractivity contribution is 6.42. The van der Waals surface area contributed by atoms with E-state index in [0.29, 0.717) is 28.6 Å². The maximum atomic E-state index is 11.4. The van der Waals surface area contributed by atoms with Crippen molar-refractivity contribution in [3.05, 3.63) is 39.9 Å². The molecular formula is C13H13Cl2NO3. The van der Waals surface area contributed by atoms with Gasteiger partial charge >= 0.3 is 5.97 Å². The smallest absolute Gasteiger partial charge is 0.303 e. The van der Waals surface area contributed by atoms with Crippen molar-refractivity contribution < 1.29 is 14.7 Å². The van der Waals surface area contributed by atoms with E-state index < -0.39 is 5.97 Å². The van der Waals surface area contributed by atoms with E-state index in [4.69, 9.17) is 28.3 Å². The van der Waals surface area contributed by atoms with Crippen molar-refractivity contribution in [3.8, 4) is 0 Å². The molecule has 19 heavy (non-hydrogen) atoms. The van der Waals surface area contributed by atoms with Crippen LogP contribution in [-0.4, -0.2) is 23.5 Å². The Morgan fingerprint density at radius 2 is 2.05 bits per heavy atom. The number of nitrogens with one attached hydrogen (secondary N) is 1. The average molecular weight is 302 g/mol. The zero-order valence-electron chi connectivity index (χ0n) is 10.0. The zero-order valence-corrected chi connectivity index (χ0v) is 11.5. The van der Waals surface area contributed by atoms with Gasteiger partial charge in [-0.15, -0.1) is 0 Å². The lowest BCUT2D eigenvalue weighted by molar-refractivity contribution is -0.137. The van der Waals surface area contributed by atoms with E-state index in [9.17, 15) is 9.59 Å². The first-order chi connectivity index (χ1) is 9.00. The van der Waals surface area contributed by atoms with E-state index in [1.807, 2.05) is 0 Å². The van der Waals surface area contributed by atoms with E-state index in [1.165, 1.54) is 6.08 Å². The van der Waals surface area contributed by atoms with Crippen LogP contribution < -0.4 is 5.32 Å². The van der Waals surface area contributed by atoms with Gasteiger partial charge in [0.25, 0.3) is 0 Å². The van der Waals surface area contributed by atoms with Crippen LogP contribution in [0.5, 0.6) is 0 Å². The molecule has 1 rings (SSSR count). The third-order valence-electron chi connectivity index (χ3n) is 2.26. The summed E-state index contributed by atoms with van der Waals surface area (Å²) in [4.78, 5) is 21.7. The second-order valence-corrected chi connectivity index (χ2v) is 4.55. The number of halogens is 2. The van der Waals surface area contributed by atoms with E-state index >= 15 is 0 Å². The molecule has 0 unspecified atom stereocenters. The number of amides is 1. The predicted molar refractivity (Wildman–Crippen MR) is 75.4 cm³/mol. The lowest BCUT2D eigenvalue weighted by atomic mass is 10.2. The Bertz CT molecular complexity index is 501. The molecule has 4 nitrogen and oxygen atoms in total. The Balaban J connectivity index is 2.45. The number of rotatable bonds is 6. The minimum absolute atomic E-state index is 0.0319. The number of aliphatic carboxylic acids is 1. The molecule has 0 bridgehead atoms. The second kappa shape index (κ2) is 7.81. The van der Waals surface area contributed by atoms with Crippen molar-refractivity contribution >= 4 is 41.2 Å². The highest BCUT2D eigenvalue weighted by Gasteiger charge is 2.02. The third kappa shape index (κ3) is 5.77. The van der Waals surface area contributed by atoms with Gasteiger partial charge in [-0.3, -0.25) is 9.59 Å². The molecule has 6 heteroatoms. The Morgan fingerprint density at radius 1 is 1.32 bits per heavy atom. The summed E-state index contributed by atoms with van der Waals surface area (Å²) in [5, 5.41) is 11.8. The molecular weight excluding hydrogens is 289 g/mol. The molecule has 0 atom stereocenters. The number of carbonyl (C=O) groups is 2. The number of benzene rings is 1. The summed E-state index contributed by atoms with van der Waals surface area (Å²) in [6, 6.07) is 5.13. The minimum atomic E-state index is -0.879. The molecule has 0 saturated carbocycles. The van der Waals surface area contributed by atoms with Crippen LogP contribution in [0.15, 0.2) is 24.3 Å². The topological polar surface area (TPSA) is 66.4 Å². The normalized spacial score (nSPS) is 10.6. The van der Waals surface area contributed by atoms with Crippen molar-refractivity contribution in [1.29, 1.82) is 0 Å². The van der Waals surface area contributed by atoms with Gasteiger partial charge in [-0.2, -0.15) is 0 Å². The van der Waals surface area contributed by atoms with Crippen LogP contribution >= 0.6 is 23.2 Å². The summed E-state index contributed by atoms with van der Waals surface area (Å²) in [5.41, 5.74) is 0.648. The average Bonchev–Trinajstić information content (AvgIpc) is 2.36. The molecule has 0 aromatic heterocycles. The molecule has 0 spiro atoms. The van der Waals surface area contributed by atoms with Gasteiger partial charge in [0.2, 0.25) is 5.91 Å². The van der Waals surface area contributed by atoms with Crippen molar-refractivity contribution in [2.75, 3.05) is 6.54 Å². The summed E-state index contributed by atoms with van der Waals surface area (Å²) in [6.45, 7) is 0.318. The number of hydrogen-bond acceptors (Lipinski definition) is 2. The first-order valence-electron chi connectivity index (χ1n) is 5.62. The van der Waals surface area contributed by atoms with Crippen LogP contribution in [0.25, 0.3) is 6.08 Å². The highest BCUT2D eigenvalue weighted by atomic mass is 35.5. The molecule has 0 aliphatic rings. The third-order valence-corrected chi connectivity index (χ3v) is 3.10. The summed E-state index contributed by atoms with van der Waals surface area (Å²) >= 11 is 11.8. The molecule has 0 radical (unpaired) electrons. The van der Waals surface area contributed by atoms with E-state index in [2.05, 4.69) is 5.32 Å². The summed E-state index contributed by atoms with van der Waals surface area (Å²) in [5.74, 6) is -1.18. The highest BCUT2D eigenvalue weighted by Crippen LogP contribution is 2.26. The van der Waals surface area contributed by atoms with Crippen LogP contribution in [0.2, 0.25) is 10.0 Å². The van der Waals surface area contributed by atoms with Crippen LogP contribution in [0, 0.1) is 0 Å². The monoisotopic (exact) mass is 301 g/mol. The molecule has 0 fully saturated rings. The van der Waals surface area contributed by atoms with Gasteiger partial charge in [-0.25, -0.2) is 0 Å². The number of carbonyl (C=O) groups excluding carboxylic acids is 1. The van der Waals surface area contributed by atoms with Crippen molar-refractivity contribution in [2.24, 2.45) is 0 Å². The van der Waals surface area contributed by atoms with Gasteiger partial charge in [0.1, 0.15) is 0 Å². The molecule has 0 heterocycles. The van der Waals surface area contributed by atoms with Gasteiger partial charge in [-0.1, -0.05) is 35.3 Å². The number of carboxylic acids is 1. The van der Waals surface area contributed by atoms with Crippen molar-refractivity contribution in [3.63, 3.8) is 0 Å². The first-order valence-corrected chi connectivity index (χ1v) is 6.38. The Morgan fingerprint density at radius 3 is 2.74 bits per heavy atom. The lowest BCUT2D eigenvalue weighted by Crippen LogP contribution is -2.22. The number of carboxylic acid groups (broad SMARTS) is 1. The largest absolute Gasteiger partial charge is 0.481 e. The van der Waals surface area contributed by atoms with Crippen LogP contribution in [-0.2, 0) is 9.59 Å². The van der Waals surface area contributed by atoms with E-state index in [0.717, 1.165) is 0 Å². The van der Waals surface area contributed by atoms with Gasteiger partial charge in [-0.05, 0) is 24.1 Å². The predicted octanol–water partition coefficient (Wildman–Crippen LogP) is 2.99. The fraction of sp³-hybridized carbons (Fsp3) is 0.231. The Labute approximate surface area is 121 Å². The summed E-state index contributed by atoms with van der Waals surface area (Å²) in [6.07, 6.45) is 3.32. The fourth-order valence-corrected chi connectivity index (χ4v) is 1.70. The molecule has 1 aromatic carbocycles. The fourth-order valence-electron chi connectivity index (χ4n) is 1.32. The second-order valence-electron chi connectivity index (χ2n) is 3.76. The van der Waals surface area contributed by atoms with Gasteiger partial charge in [0.05, 0.1) is 10.0 Å². The van der Waals surface area contributed by atoms with Gasteiger partial charge < -0.3 is 10.4 Å². The van der Waals surface area contributed by atoms with Gasteiger partial charge in [0.15, 0.2) is 0 Å². The summed E-state index contributed by atoms with van der Waals surface area (Å²) < 4.78 is 0. The first kappa shape index (κ1) is 15.5. The van der Waals surface area contributed by atoms with Crippen LogP contribution in [0.4, 0.5) is 0 Å². The Hall–Kier alpha value is -1.52. The van der Waals surface area contributed by atoms with Crippen LogP contribution in [0.1, 0.15) is 18.4 Å². The SMILES string of the molecule is O=C(O)CCCNC(=O)/C=C/c1cccc(Cl)c1Cl. The zero-order chi connectivity index (χ0) is 14.3. The number of hydrogen-bond donors (Lipinski definition) is 2. The molecule has 1 aromatic rings.